The topological polar surface area (TPSA) is 97.0 Å². The van der Waals surface area contributed by atoms with Gasteiger partial charge in [0.2, 0.25) is 0 Å². The molecule has 39 heavy (non-hydrogen) atoms. The summed E-state index contributed by atoms with van der Waals surface area (Å²) in [5.41, 5.74) is 3.35. The van der Waals surface area contributed by atoms with Crippen molar-refractivity contribution in [3.8, 4) is 23.1 Å². The van der Waals surface area contributed by atoms with Crippen molar-refractivity contribution in [1.82, 2.24) is 4.90 Å². The second-order valence-corrected chi connectivity index (χ2v) is 9.70. The summed E-state index contributed by atoms with van der Waals surface area (Å²) in [7, 11) is 0. The number of rotatable bonds is 5. The zero-order chi connectivity index (χ0) is 26.8. The third-order valence-electron chi connectivity index (χ3n) is 7.23. The van der Waals surface area contributed by atoms with E-state index in [9.17, 15) is 10.1 Å². The summed E-state index contributed by atoms with van der Waals surface area (Å²) in [6.07, 6.45) is 3.59. The lowest BCUT2D eigenvalue weighted by Gasteiger charge is -2.26. The number of fused-ring (bicyclic) bond motifs is 1. The van der Waals surface area contributed by atoms with E-state index in [1.54, 1.807) is 29.2 Å². The maximum absolute atomic E-state index is 15.2. The number of morpholine rings is 1. The summed E-state index contributed by atoms with van der Waals surface area (Å²) < 4.78 is 38.2. The van der Waals surface area contributed by atoms with E-state index >= 15 is 4.39 Å². The minimum absolute atomic E-state index is 0.0273. The van der Waals surface area contributed by atoms with Gasteiger partial charge < -0.3 is 28.8 Å². The number of ether oxygens (including phenoxy) is 3. The van der Waals surface area contributed by atoms with Crippen LogP contribution in [0.2, 0.25) is 0 Å². The monoisotopic (exact) mass is 529 g/mol. The Bertz CT molecular complexity index is 1460. The normalized spacial score (nSPS) is 17.5. The summed E-state index contributed by atoms with van der Waals surface area (Å²) in [6.45, 7) is 3.81. The number of hydrogen-bond acceptors (Lipinski definition) is 7. The van der Waals surface area contributed by atoms with Crippen LogP contribution < -0.4 is 10.1 Å². The zero-order valence-corrected chi connectivity index (χ0v) is 21.4. The van der Waals surface area contributed by atoms with Crippen LogP contribution in [0.4, 0.5) is 10.1 Å². The lowest BCUT2D eigenvalue weighted by Crippen LogP contribution is -2.40. The second-order valence-electron chi connectivity index (χ2n) is 9.70. The van der Waals surface area contributed by atoms with Crippen molar-refractivity contribution in [2.45, 2.75) is 18.9 Å². The fourth-order valence-electron chi connectivity index (χ4n) is 5.12. The minimum Gasteiger partial charge on any atom is -0.489 e. The van der Waals surface area contributed by atoms with Crippen LogP contribution in [0.15, 0.2) is 53.0 Å². The molecule has 0 saturated carbocycles. The number of nitrogens with one attached hydrogen (secondary N) is 1. The molecule has 2 fully saturated rings. The molecule has 6 rings (SSSR count). The molecular formula is C30H28FN3O5. The van der Waals surface area contributed by atoms with Gasteiger partial charge in [-0.05, 0) is 35.9 Å². The SMILES string of the molecule is N#Cc1cc(C2=CCNc3cc(-c4ccc(C(=O)N5CCOCC5)cc4F)oc32)ccc1OC1CCOCC1. The van der Waals surface area contributed by atoms with E-state index in [-0.39, 0.29) is 17.6 Å². The number of furan rings is 1. The number of hydrogen-bond donors (Lipinski definition) is 1. The molecule has 1 N–H and O–H groups in total. The molecular weight excluding hydrogens is 501 g/mol. The second kappa shape index (κ2) is 10.9. The van der Waals surface area contributed by atoms with Gasteiger partial charge in [0.15, 0.2) is 5.76 Å². The highest BCUT2D eigenvalue weighted by molar-refractivity contribution is 5.95. The van der Waals surface area contributed by atoms with Crippen LogP contribution in [0.1, 0.15) is 40.1 Å². The Balaban J connectivity index is 1.25. The first-order valence-electron chi connectivity index (χ1n) is 13.1. The van der Waals surface area contributed by atoms with Crippen molar-refractivity contribution in [3.63, 3.8) is 0 Å². The van der Waals surface area contributed by atoms with Crippen LogP contribution in [-0.2, 0) is 9.47 Å². The van der Waals surface area contributed by atoms with Gasteiger partial charge in [-0.15, -0.1) is 0 Å². The molecule has 0 spiro atoms. The third-order valence-corrected chi connectivity index (χ3v) is 7.23. The Morgan fingerprint density at radius 2 is 1.85 bits per heavy atom. The number of nitrogens with zero attached hydrogens (tertiary/aromatic N) is 2. The van der Waals surface area contributed by atoms with Crippen molar-refractivity contribution in [2.24, 2.45) is 0 Å². The standard InChI is InChI=1S/C30H28FN3O5/c31-25-16-20(30(35)34-9-13-37-14-10-34)1-3-24(25)28-17-26-29(39-28)23(5-8-33-26)19-2-4-27(21(15-19)18-32)38-22-6-11-36-12-7-22/h1-5,15-17,22,33H,6-14H2. The van der Waals surface area contributed by atoms with Gasteiger partial charge >= 0.3 is 0 Å². The number of benzene rings is 2. The predicted octanol–water partition coefficient (Wildman–Crippen LogP) is 4.84. The molecule has 2 aromatic carbocycles. The van der Waals surface area contributed by atoms with Crippen molar-refractivity contribution >= 4 is 17.2 Å². The highest BCUT2D eigenvalue weighted by atomic mass is 19.1. The molecule has 3 aliphatic rings. The van der Waals surface area contributed by atoms with Gasteiger partial charge in [0.1, 0.15) is 29.5 Å². The van der Waals surface area contributed by atoms with Gasteiger partial charge in [-0.25, -0.2) is 4.39 Å². The summed E-state index contributed by atoms with van der Waals surface area (Å²) in [6, 6.07) is 14.0. The van der Waals surface area contributed by atoms with Crippen molar-refractivity contribution in [1.29, 1.82) is 5.26 Å². The molecule has 8 nitrogen and oxygen atoms in total. The number of halogens is 1. The third kappa shape index (κ3) is 5.13. The average molecular weight is 530 g/mol. The van der Waals surface area contributed by atoms with Gasteiger partial charge in [-0.3, -0.25) is 4.79 Å². The first-order chi connectivity index (χ1) is 19.1. The molecule has 0 radical (unpaired) electrons. The van der Waals surface area contributed by atoms with Crippen LogP contribution >= 0.6 is 0 Å². The quantitative estimate of drug-likeness (QED) is 0.505. The molecule has 3 aromatic rings. The van der Waals surface area contributed by atoms with Crippen molar-refractivity contribution in [3.05, 3.63) is 76.8 Å². The summed E-state index contributed by atoms with van der Waals surface area (Å²) in [5, 5.41) is 13.1. The molecule has 0 aliphatic carbocycles. The molecule has 9 heteroatoms. The number of carbonyl (C=O) groups is 1. The Morgan fingerprint density at radius 1 is 1.05 bits per heavy atom. The lowest BCUT2D eigenvalue weighted by atomic mass is 9.98. The summed E-state index contributed by atoms with van der Waals surface area (Å²) in [5.74, 6) is 0.713. The molecule has 0 bridgehead atoms. The Hall–Kier alpha value is -4.13. The van der Waals surface area contributed by atoms with Crippen LogP contribution in [0.5, 0.6) is 5.75 Å². The molecule has 200 valence electrons. The van der Waals surface area contributed by atoms with Crippen LogP contribution in [0.3, 0.4) is 0 Å². The molecule has 0 unspecified atom stereocenters. The smallest absolute Gasteiger partial charge is 0.254 e. The van der Waals surface area contributed by atoms with Gasteiger partial charge in [0.25, 0.3) is 5.91 Å². The number of anilines is 1. The maximum atomic E-state index is 15.2. The molecule has 1 amide bonds. The fourth-order valence-corrected chi connectivity index (χ4v) is 5.12. The highest BCUT2D eigenvalue weighted by Gasteiger charge is 2.25. The van der Waals surface area contributed by atoms with E-state index in [0.717, 1.165) is 29.7 Å². The van der Waals surface area contributed by atoms with E-state index in [1.807, 2.05) is 18.2 Å². The fraction of sp³-hybridized carbons (Fsp3) is 0.333. The summed E-state index contributed by atoms with van der Waals surface area (Å²) >= 11 is 0. The van der Waals surface area contributed by atoms with Gasteiger partial charge in [0, 0.05) is 49.7 Å². The molecule has 2 saturated heterocycles. The van der Waals surface area contributed by atoms with Crippen molar-refractivity contribution in [2.75, 3.05) is 51.4 Å². The minimum atomic E-state index is -0.535. The Kier molecular flexibility index (Phi) is 7.05. The predicted molar refractivity (Wildman–Crippen MR) is 142 cm³/mol. The molecule has 1 aromatic heterocycles. The van der Waals surface area contributed by atoms with Crippen LogP contribution in [-0.4, -0.2) is 63.0 Å². The van der Waals surface area contributed by atoms with E-state index in [0.29, 0.717) is 74.5 Å². The van der Waals surface area contributed by atoms with E-state index in [4.69, 9.17) is 18.6 Å². The van der Waals surface area contributed by atoms with Crippen molar-refractivity contribution < 1.29 is 27.8 Å². The zero-order valence-electron chi connectivity index (χ0n) is 21.4. The average Bonchev–Trinajstić information content (AvgIpc) is 3.42. The van der Waals surface area contributed by atoms with Gasteiger partial charge in [-0.2, -0.15) is 5.26 Å². The van der Waals surface area contributed by atoms with Gasteiger partial charge in [-0.1, -0.05) is 12.1 Å². The molecule has 3 aliphatic heterocycles. The number of nitriles is 1. The highest BCUT2D eigenvalue weighted by Crippen LogP contribution is 2.40. The first-order valence-corrected chi connectivity index (χ1v) is 13.1. The van der Waals surface area contributed by atoms with E-state index in [2.05, 4.69) is 11.4 Å². The number of amides is 1. The lowest BCUT2D eigenvalue weighted by molar-refractivity contribution is 0.0254. The molecule has 4 heterocycles. The van der Waals surface area contributed by atoms with Crippen LogP contribution in [0.25, 0.3) is 16.9 Å². The van der Waals surface area contributed by atoms with E-state index in [1.165, 1.54) is 6.07 Å². The Morgan fingerprint density at radius 3 is 2.62 bits per heavy atom. The van der Waals surface area contributed by atoms with E-state index < -0.39 is 5.82 Å². The largest absolute Gasteiger partial charge is 0.489 e. The van der Waals surface area contributed by atoms with Crippen LogP contribution in [0, 0.1) is 17.1 Å². The molecule has 0 atom stereocenters. The Labute approximate surface area is 225 Å². The summed E-state index contributed by atoms with van der Waals surface area (Å²) in [4.78, 5) is 14.4. The maximum Gasteiger partial charge on any atom is 0.254 e. The van der Waals surface area contributed by atoms with Gasteiger partial charge in [0.05, 0.1) is 43.2 Å². The number of carbonyl (C=O) groups excluding carboxylic acids is 1. The first kappa shape index (κ1) is 25.2.